The van der Waals surface area contributed by atoms with Gasteiger partial charge in [-0.3, -0.25) is 14.5 Å². The van der Waals surface area contributed by atoms with Crippen LogP contribution in [0.4, 0.5) is 5.82 Å². The minimum Gasteiger partial charge on any atom is -0.385 e. The lowest BCUT2D eigenvalue weighted by Crippen LogP contribution is -2.42. The second-order valence-electron chi connectivity index (χ2n) is 10.9. The number of ether oxygens (including phenoxy) is 1. The van der Waals surface area contributed by atoms with E-state index in [9.17, 15) is 9.59 Å². The van der Waals surface area contributed by atoms with E-state index in [2.05, 4.69) is 57.3 Å². The van der Waals surface area contributed by atoms with E-state index in [4.69, 9.17) is 9.84 Å². The van der Waals surface area contributed by atoms with Crippen molar-refractivity contribution in [2.24, 2.45) is 0 Å². The molecule has 4 rings (SSSR count). The summed E-state index contributed by atoms with van der Waals surface area (Å²) in [6, 6.07) is 16.6. The van der Waals surface area contributed by atoms with Gasteiger partial charge in [-0.1, -0.05) is 68.3 Å². The molecule has 202 valence electrons. The predicted molar refractivity (Wildman–Crippen MR) is 154 cm³/mol. The number of thioether (sulfide) groups is 1. The maximum absolute atomic E-state index is 13.7. The first kappa shape index (κ1) is 27.9. The van der Waals surface area contributed by atoms with Crippen LogP contribution in [0.15, 0.2) is 48.5 Å². The van der Waals surface area contributed by atoms with Crippen molar-refractivity contribution in [3.8, 4) is 5.69 Å². The van der Waals surface area contributed by atoms with Crippen molar-refractivity contribution in [2.75, 3.05) is 37.5 Å². The lowest BCUT2D eigenvalue weighted by atomic mass is 9.87. The van der Waals surface area contributed by atoms with Crippen molar-refractivity contribution in [1.82, 2.24) is 15.1 Å². The molecule has 0 unspecified atom stereocenters. The standard InChI is InChI=1S/C30H38N4O3S/c1-20-11-13-23(14-12-20)34-29-26(28(32-34)30(3,4)5)27(22-10-7-9-21(2)17-22)38-19-25(36)33(29)18-24(35)31-15-8-16-37-6/h7,9-14,17,27H,8,15-16,18-19H2,1-6H3,(H,31,35)/t27-/m0/s1. The molecule has 8 heteroatoms. The topological polar surface area (TPSA) is 76.5 Å². The Kier molecular flexibility index (Phi) is 8.63. The van der Waals surface area contributed by atoms with Crippen molar-refractivity contribution >= 4 is 29.4 Å². The summed E-state index contributed by atoms with van der Waals surface area (Å²) in [5, 5.41) is 7.98. The number of hydrogen-bond donors (Lipinski definition) is 1. The molecule has 7 nitrogen and oxygen atoms in total. The van der Waals surface area contributed by atoms with Gasteiger partial charge in [0.2, 0.25) is 11.8 Å². The molecular formula is C30H38N4O3S. The van der Waals surface area contributed by atoms with Crippen LogP contribution in [-0.2, 0) is 19.7 Å². The monoisotopic (exact) mass is 534 g/mol. The number of anilines is 1. The largest absolute Gasteiger partial charge is 0.385 e. The van der Waals surface area contributed by atoms with Gasteiger partial charge in [-0.15, -0.1) is 11.8 Å². The number of benzene rings is 2. The van der Waals surface area contributed by atoms with E-state index < -0.39 is 0 Å². The molecule has 1 aromatic heterocycles. The summed E-state index contributed by atoms with van der Waals surface area (Å²) >= 11 is 1.60. The Morgan fingerprint density at radius 3 is 2.53 bits per heavy atom. The van der Waals surface area contributed by atoms with E-state index in [1.807, 2.05) is 35.9 Å². The molecular weight excluding hydrogens is 496 g/mol. The van der Waals surface area contributed by atoms with Crippen molar-refractivity contribution < 1.29 is 14.3 Å². The van der Waals surface area contributed by atoms with Gasteiger partial charge < -0.3 is 10.1 Å². The van der Waals surface area contributed by atoms with Crippen LogP contribution in [-0.4, -0.2) is 54.2 Å². The number of aromatic nitrogens is 2. The molecule has 1 aliphatic heterocycles. The van der Waals surface area contributed by atoms with Crippen LogP contribution in [0.5, 0.6) is 0 Å². The molecule has 2 amide bonds. The van der Waals surface area contributed by atoms with Gasteiger partial charge in [0.15, 0.2) is 0 Å². The van der Waals surface area contributed by atoms with Crippen LogP contribution < -0.4 is 10.2 Å². The molecule has 2 heterocycles. The molecule has 0 bridgehead atoms. The molecule has 38 heavy (non-hydrogen) atoms. The number of nitrogens with zero attached hydrogens (tertiary/aromatic N) is 3. The van der Waals surface area contributed by atoms with E-state index in [0.717, 1.165) is 33.6 Å². The number of nitrogens with one attached hydrogen (secondary N) is 1. The zero-order chi connectivity index (χ0) is 27.4. The summed E-state index contributed by atoms with van der Waals surface area (Å²) in [7, 11) is 1.64. The van der Waals surface area contributed by atoms with Gasteiger partial charge in [-0.25, -0.2) is 4.68 Å². The van der Waals surface area contributed by atoms with Crippen LogP contribution in [0.2, 0.25) is 0 Å². The molecule has 0 saturated carbocycles. The number of methoxy groups -OCH3 is 1. The van der Waals surface area contributed by atoms with Gasteiger partial charge in [0.1, 0.15) is 12.4 Å². The van der Waals surface area contributed by atoms with Crippen LogP contribution >= 0.6 is 11.8 Å². The second-order valence-corrected chi connectivity index (χ2v) is 12.0. The minimum atomic E-state index is -0.288. The fraction of sp³-hybridized carbons (Fsp3) is 0.433. The zero-order valence-electron chi connectivity index (χ0n) is 23.2. The van der Waals surface area contributed by atoms with E-state index >= 15 is 0 Å². The van der Waals surface area contributed by atoms with Crippen molar-refractivity contribution in [3.05, 3.63) is 76.5 Å². The van der Waals surface area contributed by atoms with Gasteiger partial charge in [0, 0.05) is 31.2 Å². The average Bonchev–Trinajstić information content (AvgIpc) is 3.20. The van der Waals surface area contributed by atoms with Crippen LogP contribution in [0.1, 0.15) is 60.4 Å². The number of fused-ring (bicyclic) bond motifs is 1. The normalized spacial score (nSPS) is 15.8. The summed E-state index contributed by atoms with van der Waals surface area (Å²) in [6.45, 7) is 11.6. The first-order valence-corrected chi connectivity index (χ1v) is 14.1. The Morgan fingerprint density at radius 2 is 1.87 bits per heavy atom. The predicted octanol–water partition coefficient (Wildman–Crippen LogP) is 5.11. The molecule has 0 saturated heterocycles. The van der Waals surface area contributed by atoms with Crippen LogP contribution in [0.25, 0.3) is 5.69 Å². The first-order chi connectivity index (χ1) is 18.1. The summed E-state index contributed by atoms with van der Waals surface area (Å²) in [5.74, 6) is 0.634. The molecule has 0 aliphatic carbocycles. The number of amides is 2. The number of hydrogen-bond acceptors (Lipinski definition) is 5. The number of carbonyl (C=O) groups is 2. The van der Waals surface area contributed by atoms with Gasteiger partial charge in [0.05, 0.1) is 22.4 Å². The summed E-state index contributed by atoms with van der Waals surface area (Å²) in [5.41, 5.74) is 5.91. The lowest BCUT2D eigenvalue weighted by molar-refractivity contribution is -0.122. The molecule has 1 atom stereocenters. The van der Waals surface area contributed by atoms with E-state index in [1.54, 1.807) is 23.8 Å². The Hall–Kier alpha value is -3.10. The molecule has 0 fully saturated rings. The fourth-order valence-electron chi connectivity index (χ4n) is 4.68. The Bertz CT molecular complexity index is 1290. The Balaban J connectivity index is 1.90. The van der Waals surface area contributed by atoms with Gasteiger partial charge in [-0.2, -0.15) is 5.10 Å². The van der Waals surface area contributed by atoms with Crippen LogP contribution in [0.3, 0.4) is 0 Å². The third kappa shape index (κ3) is 6.13. The summed E-state index contributed by atoms with van der Waals surface area (Å²) in [4.78, 5) is 28.4. The summed E-state index contributed by atoms with van der Waals surface area (Å²) in [6.07, 6.45) is 0.711. The molecule has 1 aliphatic rings. The smallest absolute Gasteiger partial charge is 0.240 e. The van der Waals surface area contributed by atoms with E-state index in [1.165, 1.54) is 0 Å². The lowest BCUT2D eigenvalue weighted by Gasteiger charge is -2.24. The van der Waals surface area contributed by atoms with E-state index in [-0.39, 0.29) is 34.8 Å². The third-order valence-electron chi connectivity index (χ3n) is 6.57. The minimum absolute atomic E-state index is 0.0684. The van der Waals surface area contributed by atoms with Crippen molar-refractivity contribution in [3.63, 3.8) is 0 Å². The fourth-order valence-corrected chi connectivity index (χ4v) is 5.87. The molecule has 1 N–H and O–H groups in total. The number of carbonyl (C=O) groups excluding carboxylic acids is 2. The molecule has 2 aromatic carbocycles. The van der Waals surface area contributed by atoms with Crippen molar-refractivity contribution in [1.29, 1.82) is 0 Å². The average molecular weight is 535 g/mol. The summed E-state index contributed by atoms with van der Waals surface area (Å²) < 4.78 is 6.95. The third-order valence-corrected chi connectivity index (χ3v) is 7.83. The maximum Gasteiger partial charge on any atom is 0.240 e. The maximum atomic E-state index is 13.7. The van der Waals surface area contributed by atoms with Gasteiger partial charge in [0.25, 0.3) is 0 Å². The number of aryl methyl sites for hydroxylation is 2. The molecule has 0 spiro atoms. The second kappa shape index (κ2) is 11.7. The zero-order valence-corrected chi connectivity index (χ0v) is 24.0. The molecule has 3 aromatic rings. The van der Waals surface area contributed by atoms with Crippen molar-refractivity contribution in [2.45, 2.75) is 51.7 Å². The number of rotatable bonds is 8. The first-order valence-electron chi connectivity index (χ1n) is 13.0. The SMILES string of the molecule is COCCCNC(=O)CN1C(=O)CS[C@@H](c2cccc(C)c2)c2c(C(C)(C)C)nn(-c3ccc(C)cc3)c21. The van der Waals surface area contributed by atoms with Crippen LogP contribution in [0, 0.1) is 13.8 Å². The Labute approximate surface area is 229 Å². The Morgan fingerprint density at radius 1 is 1.13 bits per heavy atom. The highest BCUT2D eigenvalue weighted by Crippen LogP contribution is 2.48. The molecule has 0 radical (unpaired) electrons. The quantitative estimate of drug-likeness (QED) is 0.407. The van der Waals surface area contributed by atoms with Gasteiger partial charge >= 0.3 is 0 Å². The highest BCUT2D eigenvalue weighted by atomic mass is 32.2. The highest BCUT2D eigenvalue weighted by molar-refractivity contribution is 8.00. The highest BCUT2D eigenvalue weighted by Gasteiger charge is 2.39. The van der Waals surface area contributed by atoms with Gasteiger partial charge in [-0.05, 0) is 38.0 Å². The van der Waals surface area contributed by atoms with E-state index in [0.29, 0.717) is 25.4 Å².